The van der Waals surface area contributed by atoms with Gasteiger partial charge in [-0.2, -0.15) is 0 Å². The largest absolute Gasteiger partial charge is 0.493 e. The Morgan fingerprint density at radius 1 is 0.925 bits per heavy atom. The second-order valence-electron chi connectivity index (χ2n) is 12.1. The molecule has 0 spiro atoms. The topological polar surface area (TPSA) is 63.2 Å². The zero-order valence-corrected chi connectivity index (χ0v) is 25.9. The number of rotatable bonds is 11. The highest BCUT2D eigenvalue weighted by atomic mass is 28.4. The molecule has 0 aromatic heterocycles. The Balaban J connectivity index is 1.63. The normalized spacial score (nSPS) is 15.3. The van der Waals surface area contributed by atoms with Gasteiger partial charge in [-0.15, -0.1) is 0 Å². The van der Waals surface area contributed by atoms with Crippen molar-refractivity contribution in [2.75, 3.05) is 13.9 Å². The van der Waals surface area contributed by atoms with Gasteiger partial charge in [-0.25, -0.2) is 0 Å². The molecule has 6 nitrogen and oxygen atoms in total. The van der Waals surface area contributed by atoms with Crippen molar-refractivity contribution in [2.45, 2.75) is 65.5 Å². The number of ketones is 1. The van der Waals surface area contributed by atoms with E-state index in [0.717, 1.165) is 11.1 Å². The van der Waals surface area contributed by atoms with Crippen molar-refractivity contribution in [2.24, 2.45) is 11.8 Å². The first-order valence-electron chi connectivity index (χ1n) is 13.9. The molecule has 3 atom stereocenters. The second kappa shape index (κ2) is 12.1. The minimum absolute atomic E-state index is 0.00163. The minimum atomic E-state index is -2.21. The first kappa shape index (κ1) is 29.7. The van der Waals surface area contributed by atoms with E-state index in [1.807, 2.05) is 61.5 Å². The van der Waals surface area contributed by atoms with Gasteiger partial charge in [0.1, 0.15) is 6.61 Å². The van der Waals surface area contributed by atoms with Gasteiger partial charge in [0.15, 0.2) is 37.1 Å². The quantitative estimate of drug-likeness (QED) is 0.173. The summed E-state index contributed by atoms with van der Waals surface area (Å²) in [6.07, 6.45) is -0.314. The molecule has 0 bridgehead atoms. The van der Waals surface area contributed by atoms with Crippen molar-refractivity contribution in [3.63, 3.8) is 0 Å². The van der Waals surface area contributed by atoms with Gasteiger partial charge in [-0.05, 0) is 65.5 Å². The number of ether oxygens (including phenoxy) is 4. The maximum Gasteiger partial charge on any atom is 0.231 e. The summed E-state index contributed by atoms with van der Waals surface area (Å²) in [5.74, 6) is 2.19. The predicted molar refractivity (Wildman–Crippen MR) is 160 cm³/mol. The molecule has 0 fully saturated rings. The molecule has 0 amide bonds. The molecule has 0 saturated carbocycles. The number of Topliss-reactive ketones (excluding diaryl/α,β-unsaturated/α-hetero) is 1. The molecule has 4 rings (SSSR count). The molecule has 7 heteroatoms. The highest BCUT2D eigenvalue weighted by Crippen LogP contribution is 2.45. The Morgan fingerprint density at radius 2 is 1.62 bits per heavy atom. The van der Waals surface area contributed by atoms with Gasteiger partial charge in [-0.1, -0.05) is 71.0 Å². The zero-order valence-electron chi connectivity index (χ0n) is 24.9. The molecule has 0 radical (unpaired) electrons. The monoisotopic (exact) mass is 562 g/mol. The van der Waals surface area contributed by atoms with Gasteiger partial charge in [0.25, 0.3) is 0 Å². The molecule has 0 unspecified atom stereocenters. The lowest BCUT2D eigenvalue weighted by atomic mass is 9.82. The number of fused-ring (bicyclic) bond motifs is 1. The fraction of sp³-hybridized carbons (Fsp3) is 0.424. The molecule has 0 saturated heterocycles. The Labute approximate surface area is 239 Å². The van der Waals surface area contributed by atoms with Crippen LogP contribution >= 0.6 is 0 Å². The van der Waals surface area contributed by atoms with E-state index in [2.05, 4.69) is 40.8 Å². The summed E-state index contributed by atoms with van der Waals surface area (Å²) in [4.78, 5) is 13.7. The summed E-state index contributed by atoms with van der Waals surface area (Å²) in [5, 5.41) is -0.00163. The molecule has 214 valence electrons. The van der Waals surface area contributed by atoms with Crippen LogP contribution in [0.4, 0.5) is 0 Å². The first-order valence-corrected chi connectivity index (χ1v) is 16.8. The average Bonchev–Trinajstić information content (AvgIpc) is 3.41. The third-order valence-corrected chi connectivity index (χ3v) is 12.8. The van der Waals surface area contributed by atoms with E-state index in [4.69, 9.17) is 23.4 Å². The first-order chi connectivity index (χ1) is 18.9. The third-order valence-electron chi connectivity index (χ3n) is 8.32. The van der Waals surface area contributed by atoms with E-state index in [9.17, 15) is 4.79 Å². The van der Waals surface area contributed by atoms with Crippen LogP contribution in [0.5, 0.6) is 23.0 Å². The molecule has 1 aliphatic rings. The maximum absolute atomic E-state index is 13.7. The highest BCUT2D eigenvalue weighted by molar-refractivity contribution is 6.74. The van der Waals surface area contributed by atoms with E-state index in [1.165, 1.54) is 0 Å². The number of carbonyl (C=O) groups excluding carboxylic acids is 1. The van der Waals surface area contributed by atoms with Crippen LogP contribution in [0.25, 0.3) is 0 Å². The van der Waals surface area contributed by atoms with Crippen molar-refractivity contribution in [3.8, 4) is 23.0 Å². The number of hydrogen-bond donors (Lipinski definition) is 0. The van der Waals surface area contributed by atoms with Gasteiger partial charge in [0.05, 0.1) is 13.2 Å². The molecule has 1 heterocycles. The Morgan fingerprint density at radius 3 is 2.30 bits per heavy atom. The molecule has 1 aliphatic heterocycles. The van der Waals surface area contributed by atoms with Crippen molar-refractivity contribution in [1.82, 2.24) is 0 Å². The van der Waals surface area contributed by atoms with E-state index >= 15 is 0 Å². The third kappa shape index (κ3) is 6.53. The van der Waals surface area contributed by atoms with Gasteiger partial charge < -0.3 is 23.4 Å². The molecule has 0 N–H and O–H groups in total. The van der Waals surface area contributed by atoms with E-state index < -0.39 is 8.32 Å². The Hall–Kier alpha value is -3.29. The van der Waals surface area contributed by atoms with Crippen LogP contribution in [0, 0.1) is 11.8 Å². The summed E-state index contributed by atoms with van der Waals surface area (Å²) in [7, 11) is -0.562. The summed E-state index contributed by atoms with van der Waals surface area (Å²) in [6.45, 7) is 15.9. The van der Waals surface area contributed by atoms with Gasteiger partial charge in [0, 0.05) is 11.5 Å². The predicted octanol–water partition coefficient (Wildman–Crippen LogP) is 8.22. The fourth-order valence-electron chi connectivity index (χ4n) is 4.50. The Kier molecular flexibility index (Phi) is 8.95. The standard InChI is InChI=1S/C33H42O6Si/c1-22(31(34)25-14-16-28-30(18-25)38-21-37-28)23(2)32(39-40(7,8)33(3,4)5)26-15-17-27(29(19-26)35-6)36-20-24-12-10-9-11-13-24/h9-19,22-23,32H,20-21H2,1-8H3/t22-,23+,32+/m1/s1. The van der Waals surface area contributed by atoms with Crippen LogP contribution in [-0.4, -0.2) is 28.0 Å². The smallest absolute Gasteiger partial charge is 0.231 e. The van der Waals surface area contributed by atoms with Crippen LogP contribution in [0.2, 0.25) is 18.1 Å². The Bertz CT molecular complexity index is 1310. The lowest BCUT2D eigenvalue weighted by Crippen LogP contribution is -2.43. The van der Waals surface area contributed by atoms with Crippen molar-refractivity contribution in [3.05, 3.63) is 83.4 Å². The highest BCUT2D eigenvalue weighted by Gasteiger charge is 2.42. The number of benzene rings is 3. The summed E-state index contributed by atoms with van der Waals surface area (Å²) >= 11 is 0. The lowest BCUT2D eigenvalue weighted by molar-refractivity contribution is 0.0693. The van der Waals surface area contributed by atoms with Crippen LogP contribution in [0.1, 0.15) is 62.2 Å². The van der Waals surface area contributed by atoms with Gasteiger partial charge in [0.2, 0.25) is 6.79 Å². The SMILES string of the molecule is COc1cc([C@@H](O[Si](C)(C)C(C)(C)C)[C@@H](C)[C@@H](C)C(=O)c2ccc3c(c2)OCO3)ccc1OCc1ccccc1. The van der Waals surface area contributed by atoms with E-state index in [-0.39, 0.29) is 35.6 Å². The van der Waals surface area contributed by atoms with Crippen LogP contribution in [0.15, 0.2) is 66.7 Å². The molecule has 40 heavy (non-hydrogen) atoms. The zero-order chi connectivity index (χ0) is 29.1. The summed E-state index contributed by atoms with van der Waals surface area (Å²) in [5.41, 5.74) is 2.65. The van der Waals surface area contributed by atoms with Crippen molar-refractivity contribution >= 4 is 14.1 Å². The molecule has 0 aliphatic carbocycles. The summed E-state index contributed by atoms with van der Waals surface area (Å²) < 4.78 is 29.9. The average molecular weight is 563 g/mol. The van der Waals surface area contributed by atoms with Crippen molar-refractivity contribution in [1.29, 1.82) is 0 Å². The number of hydrogen-bond acceptors (Lipinski definition) is 6. The van der Waals surface area contributed by atoms with E-state index in [0.29, 0.717) is 35.2 Å². The van der Waals surface area contributed by atoms with Crippen molar-refractivity contribution < 1.29 is 28.2 Å². The molecule has 3 aromatic carbocycles. The number of methoxy groups -OCH3 is 1. The second-order valence-corrected chi connectivity index (χ2v) is 16.8. The maximum atomic E-state index is 13.7. The van der Waals surface area contributed by atoms with Crippen LogP contribution in [-0.2, 0) is 11.0 Å². The van der Waals surface area contributed by atoms with Crippen LogP contribution < -0.4 is 18.9 Å². The van der Waals surface area contributed by atoms with Crippen LogP contribution in [0.3, 0.4) is 0 Å². The minimum Gasteiger partial charge on any atom is -0.493 e. The number of carbonyl (C=O) groups is 1. The fourth-order valence-corrected chi connectivity index (χ4v) is 5.84. The molecular weight excluding hydrogens is 520 g/mol. The van der Waals surface area contributed by atoms with Gasteiger partial charge >= 0.3 is 0 Å². The summed E-state index contributed by atoms with van der Waals surface area (Å²) in [6, 6.07) is 21.4. The molecular formula is C33H42O6Si. The van der Waals surface area contributed by atoms with E-state index in [1.54, 1.807) is 19.2 Å². The van der Waals surface area contributed by atoms with Gasteiger partial charge in [-0.3, -0.25) is 4.79 Å². The molecule has 3 aromatic rings. The lowest BCUT2D eigenvalue weighted by Gasteiger charge is -2.42.